The third-order valence-electron chi connectivity index (χ3n) is 3.85. The molecule has 1 atom stereocenters. The van der Waals surface area contributed by atoms with Crippen molar-refractivity contribution in [1.82, 2.24) is 4.57 Å². The second-order valence-corrected chi connectivity index (χ2v) is 7.14. The van der Waals surface area contributed by atoms with Crippen molar-refractivity contribution in [2.24, 2.45) is 0 Å². The highest BCUT2D eigenvalue weighted by Crippen LogP contribution is 2.39. The van der Waals surface area contributed by atoms with Crippen LogP contribution in [-0.2, 0) is 11.3 Å². The van der Waals surface area contributed by atoms with Crippen LogP contribution in [0.25, 0.3) is 21.8 Å². The molecule has 0 aliphatic carbocycles. The number of fused-ring (bicyclic) bond motifs is 3. The first kappa shape index (κ1) is 14.2. The van der Waals surface area contributed by atoms with Gasteiger partial charge in [-0.1, -0.05) is 31.9 Å². The number of non-ortho nitro benzene ring substituents is 1. The van der Waals surface area contributed by atoms with Crippen LogP contribution in [0.4, 0.5) is 5.69 Å². The molecule has 4 rings (SSSR count). The Labute approximate surface area is 142 Å². The van der Waals surface area contributed by atoms with Crippen molar-refractivity contribution in [3.8, 4) is 0 Å². The minimum atomic E-state index is -0.328. The van der Waals surface area contributed by atoms with Gasteiger partial charge >= 0.3 is 0 Å². The average molecular weight is 426 g/mol. The van der Waals surface area contributed by atoms with Crippen molar-refractivity contribution in [3.63, 3.8) is 0 Å². The number of nitrogens with zero attached hydrogens (tertiary/aromatic N) is 2. The topological polar surface area (TPSA) is 60.6 Å². The van der Waals surface area contributed by atoms with Gasteiger partial charge in [0.2, 0.25) is 0 Å². The summed E-state index contributed by atoms with van der Waals surface area (Å²) >= 11 is 6.86. The Bertz CT molecular complexity index is 932. The van der Waals surface area contributed by atoms with Gasteiger partial charge in [-0.05, 0) is 24.3 Å². The Hall–Kier alpha value is -1.44. The van der Waals surface area contributed by atoms with Gasteiger partial charge in [0.1, 0.15) is 5.52 Å². The highest BCUT2D eigenvalue weighted by atomic mass is 79.9. The molecule has 2 heterocycles. The zero-order chi connectivity index (χ0) is 15.4. The quantitative estimate of drug-likeness (QED) is 0.349. The number of benzene rings is 2. The maximum atomic E-state index is 11.5. The van der Waals surface area contributed by atoms with Gasteiger partial charge in [0, 0.05) is 31.3 Å². The van der Waals surface area contributed by atoms with Gasteiger partial charge in [0.05, 0.1) is 24.2 Å². The highest BCUT2D eigenvalue weighted by Gasteiger charge is 2.28. The maximum absolute atomic E-state index is 11.5. The van der Waals surface area contributed by atoms with Crippen LogP contribution in [0.3, 0.4) is 0 Å². The minimum Gasteiger partial charge on any atom is -0.371 e. The van der Waals surface area contributed by atoms with Crippen molar-refractivity contribution < 1.29 is 9.66 Å². The summed E-state index contributed by atoms with van der Waals surface area (Å²) in [6, 6.07) is 9.42. The molecule has 1 aliphatic rings. The molecule has 7 heteroatoms. The van der Waals surface area contributed by atoms with Gasteiger partial charge in [-0.2, -0.15) is 0 Å². The van der Waals surface area contributed by atoms with Crippen molar-refractivity contribution in [2.45, 2.75) is 12.6 Å². The number of hydrogen-bond donors (Lipinski definition) is 0. The lowest BCUT2D eigenvalue weighted by Crippen LogP contribution is -2.05. The lowest BCUT2D eigenvalue weighted by molar-refractivity contribution is -0.383. The summed E-state index contributed by atoms with van der Waals surface area (Å²) < 4.78 is 8.97. The molecule has 0 amide bonds. The predicted octanol–water partition coefficient (Wildman–Crippen LogP) is 4.63. The fourth-order valence-corrected chi connectivity index (χ4v) is 3.67. The molecule has 0 radical (unpaired) electrons. The smallest absolute Gasteiger partial charge is 0.294 e. The molecule has 0 spiro atoms. The first-order valence-corrected chi connectivity index (χ1v) is 8.30. The highest BCUT2D eigenvalue weighted by molar-refractivity contribution is 9.10. The number of halogens is 2. The van der Waals surface area contributed by atoms with Crippen LogP contribution in [0.15, 0.2) is 39.3 Å². The molecule has 2 aromatic carbocycles. The van der Waals surface area contributed by atoms with Crippen LogP contribution in [0.5, 0.6) is 0 Å². The molecular weight excluding hydrogens is 416 g/mol. The largest absolute Gasteiger partial charge is 0.371 e. The number of epoxide rings is 1. The van der Waals surface area contributed by atoms with Gasteiger partial charge in [-0.3, -0.25) is 10.1 Å². The van der Waals surface area contributed by atoms with E-state index >= 15 is 0 Å². The normalized spacial score (nSPS) is 17.3. The summed E-state index contributed by atoms with van der Waals surface area (Å²) in [6.45, 7) is 1.34. The fraction of sp³-hybridized carbons (Fsp3) is 0.200. The molecule has 0 unspecified atom stereocenters. The van der Waals surface area contributed by atoms with Gasteiger partial charge < -0.3 is 9.30 Å². The van der Waals surface area contributed by atoms with Gasteiger partial charge in [0.15, 0.2) is 0 Å². The fourth-order valence-electron chi connectivity index (χ4n) is 2.86. The molecular formula is C15H10Br2N2O3. The molecule has 1 aromatic heterocycles. The molecule has 112 valence electrons. The number of rotatable bonds is 3. The Morgan fingerprint density at radius 3 is 2.64 bits per heavy atom. The second kappa shape index (κ2) is 5.04. The SMILES string of the molecule is O=[N+]([O-])c1cc(Br)cc2c3cc(Br)ccc3n(C[C@@H]3CO3)c12. The first-order chi connectivity index (χ1) is 10.5. The Balaban J connectivity index is 2.16. The van der Waals surface area contributed by atoms with E-state index in [0.29, 0.717) is 23.1 Å². The molecule has 0 N–H and O–H groups in total. The van der Waals surface area contributed by atoms with Crippen molar-refractivity contribution >= 4 is 59.4 Å². The van der Waals surface area contributed by atoms with E-state index in [1.165, 1.54) is 0 Å². The third kappa shape index (κ3) is 2.24. The molecule has 22 heavy (non-hydrogen) atoms. The molecule has 0 bridgehead atoms. The molecule has 0 saturated carbocycles. The van der Waals surface area contributed by atoms with E-state index in [1.54, 1.807) is 6.07 Å². The first-order valence-electron chi connectivity index (χ1n) is 6.71. The van der Waals surface area contributed by atoms with Gasteiger partial charge in [0.25, 0.3) is 5.69 Å². The van der Waals surface area contributed by atoms with Crippen LogP contribution >= 0.6 is 31.9 Å². The summed E-state index contributed by atoms with van der Waals surface area (Å²) in [6.07, 6.45) is 0.144. The number of ether oxygens (including phenoxy) is 1. The Kier molecular flexibility index (Phi) is 3.25. The average Bonchev–Trinajstić information content (AvgIpc) is 3.23. The number of nitro groups is 1. The number of aromatic nitrogens is 1. The molecule has 3 aromatic rings. The van der Waals surface area contributed by atoms with Crippen molar-refractivity contribution in [2.75, 3.05) is 6.61 Å². The third-order valence-corrected chi connectivity index (χ3v) is 4.80. The monoisotopic (exact) mass is 424 g/mol. The van der Waals surface area contributed by atoms with Crippen LogP contribution in [0, 0.1) is 10.1 Å². The number of nitro benzene ring substituents is 1. The van der Waals surface area contributed by atoms with Crippen LogP contribution in [0.1, 0.15) is 0 Å². The zero-order valence-electron chi connectivity index (χ0n) is 11.3. The Morgan fingerprint density at radius 2 is 1.95 bits per heavy atom. The molecule has 1 fully saturated rings. The standard InChI is InChI=1S/C15H10Br2N2O3/c16-8-1-2-13-11(3-8)12-4-9(17)5-14(19(20)21)15(12)18(13)6-10-7-22-10/h1-5,10H,6-7H2/t10-/m1/s1. The molecule has 5 nitrogen and oxygen atoms in total. The van der Waals surface area contributed by atoms with Gasteiger partial charge in [-0.15, -0.1) is 0 Å². The second-order valence-electron chi connectivity index (χ2n) is 5.31. The summed E-state index contributed by atoms with van der Waals surface area (Å²) in [5, 5.41) is 13.4. The maximum Gasteiger partial charge on any atom is 0.294 e. The van der Waals surface area contributed by atoms with Crippen molar-refractivity contribution in [3.05, 3.63) is 49.4 Å². The van der Waals surface area contributed by atoms with E-state index in [-0.39, 0.29) is 16.7 Å². The molecule has 1 aliphatic heterocycles. The predicted molar refractivity (Wildman–Crippen MR) is 91.2 cm³/mol. The lowest BCUT2D eigenvalue weighted by atomic mass is 10.1. The van der Waals surface area contributed by atoms with E-state index in [9.17, 15) is 10.1 Å². The molecule has 1 saturated heterocycles. The number of hydrogen-bond acceptors (Lipinski definition) is 3. The van der Waals surface area contributed by atoms with E-state index in [1.807, 2.05) is 28.8 Å². The Morgan fingerprint density at radius 1 is 1.23 bits per heavy atom. The van der Waals surface area contributed by atoms with Crippen molar-refractivity contribution in [1.29, 1.82) is 0 Å². The minimum absolute atomic E-state index is 0.109. The van der Waals surface area contributed by atoms with Gasteiger partial charge in [-0.25, -0.2) is 0 Å². The van der Waals surface area contributed by atoms with E-state index in [0.717, 1.165) is 20.8 Å². The summed E-state index contributed by atoms with van der Waals surface area (Å²) in [4.78, 5) is 11.2. The van der Waals surface area contributed by atoms with Crippen LogP contribution in [-0.4, -0.2) is 22.2 Å². The zero-order valence-corrected chi connectivity index (χ0v) is 14.4. The summed E-state index contributed by atoms with van der Waals surface area (Å²) in [7, 11) is 0. The van der Waals surface area contributed by atoms with E-state index in [2.05, 4.69) is 31.9 Å². The summed E-state index contributed by atoms with van der Waals surface area (Å²) in [5.41, 5.74) is 1.74. The van der Waals surface area contributed by atoms with Crippen LogP contribution < -0.4 is 0 Å². The summed E-state index contributed by atoms with van der Waals surface area (Å²) in [5.74, 6) is 0. The van der Waals surface area contributed by atoms with E-state index in [4.69, 9.17) is 4.74 Å². The van der Waals surface area contributed by atoms with E-state index < -0.39 is 0 Å². The lowest BCUT2D eigenvalue weighted by Gasteiger charge is -2.05. The van der Waals surface area contributed by atoms with Crippen LogP contribution in [0.2, 0.25) is 0 Å².